The molecule has 1 fully saturated rings. The van der Waals surface area contributed by atoms with Gasteiger partial charge in [-0.2, -0.15) is 0 Å². The lowest BCUT2D eigenvalue weighted by atomic mass is 10.0. The number of hydrogen-bond acceptors (Lipinski definition) is 4. The number of amides is 2. The minimum Gasteiger partial charge on any atom is -0.375 e. The van der Waals surface area contributed by atoms with E-state index in [1.54, 1.807) is 36.4 Å². The van der Waals surface area contributed by atoms with E-state index in [0.29, 0.717) is 11.4 Å². The normalized spacial score (nSPS) is 15.5. The molecule has 2 amide bonds. The van der Waals surface area contributed by atoms with Crippen LogP contribution in [0.15, 0.2) is 48.5 Å². The molecule has 0 saturated carbocycles. The molecule has 1 unspecified atom stereocenters. The molecule has 1 saturated heterocycles. The SMILES string of the molecule is COCC(=O)Nc1ccc(NC(=O)C(c2ccc(F)cc2)N2CCCCC2)cc1. The molecule has 154 valence electrons. The number of nitrogens with one attached hydrogen (secondary N) is 2. The van der Waals surface area contributed by atoms with Crippen LogP contribution >= 0.6 is 0 Å². The summed E-state index contributed by atoms with van der Waals surface area (Å²) in [5.74, 6) is -0.724. The standard InChI is InChI=1S/C22H26FN3O3/c1-29-15-20(27)24-18-9-11-19(12-10-18)25-22(28)21(26-13-3-2-4-14-26)16-5-7-17(23)8-6-16/h5-12,21H,2-4,13-15H2,1H3,(H,24,27)(H,25,28). The summed E-state index contributed by atoms with van der Waals surface area (Å²) in [5, 5.41) is 5.65. The first-order valence-electron chi connectivity index (χ1n) is 9.76. The van der Waals surface area contributed by atoms with Crippen LogP contribution in [0.5, 0.6) is 0 Å². The fourth-order valence-electron chi connectivity index (χ4n) is 3.53. The quantitative estimate of drug-likeness (QED) is 0.747. The number of ether oxygens (including phenoxy) is 1. The summed E-state index contributed by atoms with van der Waals surface area (Å²) in [7, 11) is 1.46. The Hall–Kier alpha value is -2.77. The molecule has 6 nitrogen and oxygen atoms in total. The Morgan fingerprint density at radius 2 is 1.55 bits per heavy atom. The topological polar surface area (TPSA) is 70.7 Å². The lowest BCUT2D eigenvalue weighted by molar-refractivity contribution is -0.122. The average Bonchev–Trinajstić information content (AvgIpc) is 2.72. The maximum absolute atomic E-state index is 13.4. The Kier molecular flexibility index (Phi) is 7.32. The van der Waals surface area contributed by atoms with Crippen LogP contribution < -0.4 is 10.6 Å². The predicted octanol–water partition coefficient (Wildman–Crippen LogP) is 3.58. The summed E-state index contributed by atoms with van der Waals surface area (Å²) >= 11 is 0. The molecule has 7 heteroatoms. The van der Waals surface area contributed by atoms with Crippen LogP contribution in [-0.4, -0.2) is 43.5 Å². The van der Waals surface area contributed by atoms with Gasteiger partial charge in [0.25, 0.3) is 0 Å². The van der Waals surface area contributed by atoms with E-state index in [4.69, 9.17) is 4.74 Å². The molecule has 1 heterocycles. The zero-order valence-electron chi connectivity index (χ0n) is 16.5. The van der Waals surface area contributed by atoms with Gasteiger partial charge in [-0.25, -0.2) is 4.39 Å². The zero-order valence-corrected chi connectivity index (χ0v) is 16.5. The molecule has 1 aliphatic heterocycles. The number of carbonyl (C=O) groups excluding carboxylic acids is 2. The van der Waals surface area contributed by atoms with Crippen LogP contribution in [0.1, 0.15) is 30.9 Å². The van der Waals surface area contributed by atoms with Gasteiger partial charge in [-0.1, -0.05) is 18.6 Å². The molecule has 2 aromatic rings. The minimum absolute atomic E-state index is 0.0202. The smallest absolute Gasteiger partial charge is 0.250 e. The number of halogens is 1. The summed E-state index contributed by atoms with van der Waals surface area (Å²) in [4.78, 5) is 26.8. The van der Waals surface area contributed by atoms with Crippen molar-refractivity contribution in [3.63, 3.8) is 0 Å². The molecular weight excluding hydrogens is 373 g/mol. The molecule has 0 aromatic heterocycles. The second-order valence-corrected chi connectivity index (χ2v) is 7.10. The summed E-state index contributed by atoms with van der Waals surface area (Å²) < 4.78 is 18.2. The van der Waals surface area contributed by atoms with Crippen molar-refractivity contribution in [3.8, 4) is 0 Å². The highest BCUT2D eigenvalue weighted by Crippen LogP contribution is 2.27. The Morgan fingerprint density at radius 1 is 0.966 bits per heavy atom. The van der Waals surface area contributed by atoms with Gasteiger partial charge in [0.15, 0.2) is 0 Å². The van der Waals surface area contributed by atoms with Crippen molar-refractivity contribution < 1.29 is 18.7 Å². The number of benzene rings is 2. The molecule has 29 heavy (non-hydrogen) atoms. The van der Waals surface area contributed by atoms with E-state index in [9.17, 15) is 14.0 Å². The first kappa shape index (κ1) is 21.0. The summed E-state index contributed by atoms with van der Waals surface area (Å²) in [6, 6.07) is 12.5. The van der Waals surface area contributed by atoms with Gasteiger partial charge in [-0.05, 0) is 67.9 Å². The van der Waals surface area contributed by atoms with Crippen molar-refractivity contribution in [1.29, 1.82) is 0 Å². The van der Waals surface area contributed by atoms with E-state index in [2.05, 4.69) is 15.5 Å². The van der Waals surface area contributed by atoms with E-state index in [0.717, 1.165) is 37.9 Å². The van der Waals surface area contributed by atoms with Gasteiger partial charge < -0.3 is 15.4 Å². The summed E-state index contributed by atoms with van der Waals surface area (Å²) in [6.45, 7) is 1.65. The fourth-order valence-corrected chi connectivity index (χ4v) is 3.53. The maximum atomic E-state index is 13.4. The zero-order chi connectivity index (χ0) is 20.6. The Bertz CT molecular complexity index is 818. The molecular formula is C22H26FN3O3. The second-order valence-electron chi connectivity index (χ2n) is 7.10. The average molecular weight is 399 g/mol. The van der Waals surface area contributed by atoms with Crippen LogP contribution in [0.3, 0.4) is 0 Å². The van der Waals surface area contributed by atoms with Crippen molar-refractivity contribution in [1.82, 2.24) is 4.90 Å². The van der Waals surface area contributed by atoms with Gasteiger partial charge in [0.2, 0.25) is 11.8 Å². The van der Waals surface area contributed by atoms with Gasteiger partial charge >= 0.3 is 0 Å². The lowest BCUT2D eigenvalue weighted by Crippen LogP contribution is -2.40. The molecule has 2 aromatic carbocycles. The predicted molar refractivity (Wildman–Crippen MR) is 110 cm³/mol. The van der Waals surface area contributed by atoms with Crippen molar-refractivity contribution in [2.24, 2.45) is 0 Å². The number of nitrogens with zero attached hydrogens (tertiary/aromatic N) is 1. The van der Waals surface area contributed by atoms with Gasteiger partial charge in [-0.3, -0.25) is 14.5 Å². The third-order valence-corrected chi connectivity index (χ3v) is 4.90. The summed E-state index contributed by atoms with van der Waals surface area (Å²) in [6.07, 6.45) is 3.24. The first-order valence-corrected chi connectivity index (χ1v) is 9.76. The molecule has 3 rings (SSSR count). The fraction of sp³-hybridized carbons (Fsp3) is 0.364. The molecule has 1 atom stereocenters. The Balaban J connectivity index is 1.72. The lowest BCUT2D eigenvalue weighted by Gasteiger charge is -2.34. The van der Waals surface area contributed by atoms with E-state index < -0.39 is 6.04 Å². The third-order valence-electron chi connectivity index (χ3n) is 4.90. The van der Waals surface area contributed by atoms with Crippen molar-refractivity contribution in [3.05, 3.63) is 59.9 Å². The molecule has 0 spiro atoms. The molecule has 0 aliphatic carbocycles. The largest absolute Gasteiger partial charge is 0.375 e. The van der Waals surface area contributed by atoms with Gasteiger partial charge in [0, 0.05) is 18.5 Å². The van der Waals surface area contributed by atoms with Gasteiger partial charge in [-0.15, -0.1) is 0 Å². The van der Waals surface area contributed by atoms with E-state index in [-0.39, 0.29) is 24.2 Å². The Labute approximate surface area is 170 Å². The highest BCUT2D eigenvalue weighted by Gasteiger charge is 2.28. The van der Waals surface area contributed by atoms with Crippen LogP contribution in [0.2, 0.25) is 0 Å². The molecule has 0 bridgehead atoms. The first-order chi connectivity index (χ1) is 14.1. The number of likely N-dealkylation sites (tertiary alicyclic amines) is 1. The van der Waals surface area contributed by atoms with E-state index >= 15 is 0 Å². The van der Waals surface area contributed by atoms with Crippen LogP contribution in [-0.2, 0) is 14.3 Å². The van der Waals surface area contributed by atoms with Crippen LogP contribution in [0.25, 0.3) is 0 Å². The minimum atomic E-state index is -0.475. The highest BCUT2D eigenvalue weighted by molar-refractivity contribution is 5.96. The third kappa shape index (κ3) is 5.85. The number of rotatable bonds is 7. The van der Waals surface area contributed by atoms with E-state index in [1.807, 2.05) is 0 Å². The number of anilines is 2. The maximum Gasteiger partial charge on any atom is 0.250 e. The monoisotopic (exact) mass is 399 g/mol. The van der Waals surface area contributed by atoms with Crippen molar-refractivity contribution >= 4 is 23.2 Å². The van der Waals surface area contributed by atoms with Gasteiger partial charge in [0.1, 0.15) is 18.5 Å². The Morgan fingerprint density at radius 3 is 2.14 bits per heavy atom. The van der Waals surface area contributed by atoms with E-state index in [1.165, 1.54) is 19.2 Å². The molecule has 0 radical (unpaired) electrons. The number of piperidine rings is 1. The van der Waals surface area contributed by atoms with Gasteiger partial charge in [0.05, 0.1) is 0 Å². The number of carbonyl (C=O) groups is 2. The number of methoxy groups -OCH3 is 1. The van der Waals surface area contributed by atoms with Crippen molar-refractivity contribution in [2.45, 2.75) is 25.3 Å². The van der Waals surface area contributed by atoms with Crippen LogP contribution in [0, 0.1) is 5.82 Å². The molecule has 1 aliphatic rings. The summed E-state index contributed by atoms with van der Waals surface area (Å²) in [5.41, 5.74) is 2.02. The van der Waals surface area contributed by atoms with Crippen LogP contribution in [0.4, 0.5) is 15.8 Å². The highest BCUT2D eigenvalue weighted by atomic mass is 19.1. The molecule has 2 N–H and O–H groups in total. The number of hydrogen-bond donors (Lipinski definition) is 2. The van der Waals surface area contributed by atoms with Crippen molar-refractivity contribution in [2.75, 3.05) is 37.4 Å². The second kappa shape index (κ2) is 10.1.